The molecule has 35 heavy (non-hydrogen) atoms. The summed E-state index contributed by atoms with van der Waals surface area (Å²) in [7, 11) is 3.49. The lowest BCUT2D eigenvalue weighted by molar-refractivity contribution is 0.0699. The number of nitrogens with one attached hydrogen (secondary N) is 1. The molecule has 7 heteroatoms. The van der Waals surface area contributed by atoms with E-state index >= 15 is 0 Å². The van der Waals surface area contributed by atoms with Crippen molar-refractivity contribution in [3.05, 3.63) is 64.6 Å². The summed E-state index contributed by atoms with van der Waals surface area (Å²) in [4.78, 5) is 29.3. The van der Waals surface area contributed by atoms with E-state index in [1.807, 2.05) is 13.8 Å². The highest BCUT2D eigenvalue weighted by Crippen LogP contribution is 2.21. The molecule has 0 spiro atoms. The van der Waals surface area contributed by atoms with Gasteiger partial charge >= 0.3 is 5.97 Å². The van der Waals surface area contributed by atoms with Crippen molar-refractivity contribution in [3.8, 4) is 11.8 Å². The Morgan fingerprint density at radius 3 is 2.60 bits per heavy atom. The minimum atomic E-state index is -1.15. The molecule has 0 radical (unpaired) electrons. The fourth-order valence-electron chi connectivity index (χ4n) is 3.42. The van der Waals surface area contributed by atoms with E-state index in [2.05, 4.69) is 37.9 Å². The highest BCUT2D eigenvalue weighted by atomic mass is 31.0. The zero-order valence-corrected chi connectivity index (χ0v) is 21.7. The van der Waals surface area contributed by atoms with Crippen LogP contribution in [0.1, 0.15) is 86.2 Å². The maximum atomic E-state index is 13.4. The maximum absolute atomic E-state index is 13.4. The molecule has 1 atom stereocenters. The molecule has 0 aliphatic heterocycles. The summed E-state index contributed by atoms with van der Waals surface area (Å²) in [5, 5.41) is 14.0. The van der Waals surface area contributed by atoms with E-state index in [1.165, 1.54) is 12.1 Å². The fraction of sp³-hybridized carbons (Fsp3) is 0.357. The molecule has 0 aliphatic carbocycles. The first-order chi connectivity index (χ1) is 16.7. The molecule has 1 aromatic heterocycles. The van der Waals surface area contributed by atoms with Gasteiger partial charge in [0.05, 0.1) is 16.9 Å². The van der Waals surface area contributed by atoms with Crippen molar-refractivity contribution in [1.29, 1.82) is 0 Å². The Morgan fingerprint density at radius 1 is 1.23 bits per heavy atom. The van der Waals surface area contributed by atoms with E-state index in [9.17, 15) is 19.1 Å². The van der Waals surface area contributed by atoms with Crippen LogP contribution in [-0.4, -0.2) is 33.3 Å². The summed E-state index contributed by atoms with van der Waals surface area (Å²) in [6.07, 6.45) is 6.48. The predicted molar refractivity (Wildman–Crippen MR) is 143 cm³/mol. The van der Waals surface area contributed by atoms with Crippen LogP contribution in [-0.2, 0) is 0 Å². The second kappa shape index (κ2) is 13.6. The number of pyridine rings is 1. The highest BCUT2D eigenvalue weighted by Gasteiger charge is 2.19. The van der Waals surface area contributed by atoms with E-state index in [4.69, 9.17) is 0 Å². The second-order valence-corrected chi connectivity index (χ2v) is 8.94. The first-order valence-corrected chi connectivity index (χ1v) is 12.3. The van der Waals surface area contributed by atoms with Crippen LogP contribution in [0.25, 0.3) is 10.9 Å². The average Bonchev–Trinajstić information content (AvgIpc) is 2.84. The number of fused-ring (bicyclic) bond motifs is 1. The standard InChI is InChI=1S/C28H32FN2O3P/c1-5-8-22(35)13-10-19-11-14-25-23(16-19)24(28(33)34)17-26(31-25)27(32)30-21(7-3)15-18(4)9-12-20(29)6-2/h9,11-12,14,16-17,21,35H,5-8,15H2,1-4H3,(H,30,32)(H,33,34)/b18-9+,20-12+. The Morgan fingerprint density at radius 2 is 1.97 bits per heavy atom. The first-order valence-electron chi connectivity index (χ1n) is 11.8. The van der Waals surface area contributed by atoms with Gasteiger partial charge in [0.25, 0.3) is 5.91 Å². The van der Waals surface area contributed by atoms with E-state index in [0.29, 0.717) is 35.7 Å². The van der Waals surface area contributed by atoms with Gasteiger partial charge in [-0.15, -0.1) is 8.86 Å². The molecule has 2 N–H and O–H groups in total. The van der Waals surface area contributed by atoms with Crippen molar-refractivity contribution in [2.24, 2.45) is 0 Å². The van der Waals surface area contributed by atoms with Crippen LogP contribution in [0.5, 0.6) is 0 Å². The Kier molecular flexibility index (Phi) is 10.8. The Balaban J connectivity index is 2.32. The first kappa shape index (κ1) is 28.0. The minimum Gasteiger partial charge on any atom is -0.478 e. The molecular formula is C28H32FN2O3P. The smallest absolute Gasteiger partial charge is 0.336 e. The van der Waals surface area contributed by atoms with Crippen LogP contribution in [0.2, 0.25) is 0 Å². The Bertz CT molecular complexity index is 1240. The van der Waals surface area contributed by atoms with E-state index in [-0.39, 0.29) is 23.1 Å². The third-order valence-electron chi connectivity index (χ3n) is 5.41. The van der Waals surface area contributed by atoms with Crippen LogP contribution < -0.4 is 5.32 Å². The van der Waals surface area contributed by atoms with Crippen LogP contribution in [0.15, 0.2) is 47.8 Å². The predicted octanol–water partition coefficient (Wildman–Crippen LogP) is 6.51. The van der Waals surface area contributed by atoms with E-state index in [1.54, 1.807) is 31.2 Å². The minimum absolute atomic E-state index is 0.00997. The van der Waals surface area contributed by atoms with Gasteiger partial charge in [-0.2, -0.15) is 0 Å². The fourth-order valence-corrected chi connectivity index (χ4v) is 3.73. The monoisotopic (exact) mass is 494 g/mol. The molecule has 1 heterocycles. The maximum Gasteiger partial charge on any atom is 0.336 e. The summed E-state index contributed by atoms with van der Waals surface area (Å²) in [6, 6.07) is 6.21. The van der Waals surface area contributed by atoms with Crippen molar-refractivity contribution in [3.63, 3.8) is 0 Å². The van der Waals surface area contributed by atoms with Gasteiger partial charge in [0.2, 0.25) is 0 Å². The highest BCUT2D eigenvalue weighted by molar-refractivity contribution is 7.22. The second-order valence-electron chi connectivity index (χ2n) is 8.33. The number of benzene rings is 1. The van der Waals surface area contributed by atoms with Crippen molar-refractivity contribution in [2.45, 2.75) is 65.8 Å². The van der Waals surface area contributed by atoms with Gasteiger partial charge < -0.3 is 10.4 Å². The summed E-state index contributed by atoms with van der Waals surface area (Å²) in [5.74, 6) is 4.25. The molecule has 0 bridgehead atoms. The van der Waals surface area contributed by atoms with Crippen molar-refractivity contribution < 1.29 is 19.1 Å². The number of carbonyl (C=O) groups is 2. The van der Waals surface area contributed by atoms with E-state index < -0.39 is 11.9 Å². The zero-order chi connectivity index (χ0) is 26.0. The van der Waals surface area contributed by atoms with Gasteiger partial charge in [-0.25, -0.2) is 14.2 Å². The summed E-state index contributed by atoms with van der Waals surface area (Å²) >= 11 is 0. The van der Waals surface area contributed by atoms with Crippen LogP contribution in [0.3, 0.4) is 0 Å². The molecule has 5 nitrogen and oxygen atoms in total. The van der Waals surface area contributed by atoms with Gasteiger partial charge in [0.15, 0.2) is 0 Å². The zero-order valence-electron chi connectivity index (χ0n) is 20.7. The Labute approximate surface area is 208 Å². The number of nitrogens with zero attached hydrogens (tertiary/aromatic N) is 1. The number of halogens is 1. The number of hydrogen-bond acceptors (Lipinski definition) is 3. The molecule has 2 aromatic rings. The van der Waals surface area contributed by atoms with Gasteiger partial charge in [-0.3, -0.25) is 4.79 Å². The molecule has 0 fully saturated rings. The third kappa shape index (κ3) is 8.46. The molecule has 0 aliphatic rings. The van der Waals surface area contributed by atoms with Crippen molar-refractivity contribution in [2.75, 3.05) is 0 Å². The van der Waals surface area contributed by atoms with Gasteiger partial charge in [0, 0.05) is 22.3 Å². The topological polar surface area (TPSA) is 79.3 Å². The number of allylic oxidation sites excluding steroid dienone is 3. The number of carboxylic acids is 1. The van der Waals surface area contributed by atoms with Crippen LogP contribution in [0.4, 0.5) is 4.39 Å². The Hall–Kier alpha value is -3.29. The lowest BCUT2D eigenvalue weighted by Gasteiger charge is -2.17. The molecule has 1 aromatic carbocycles. The number of carbonyl (C=O) groups excluding carboxylic acids is 1. The molecule has 0 saturated carbocycles. The lowest BCUT2D eigenvalue weighted by Crippen LogP contribution is -2.35. The average molecular weight is 495 g/mol. The number of aromatic carboxylic acids is 1. The van der Waals surface area contributed by atoms with E-state index in [0.717, 1.165) is 23.7 Å². The summed E-state index contributed by atoms with van der Waals surface area (Å²) < 4.78 is 13.4. The third-order valence-corrected chi connectivity index (χ3v) is 5.79. The molecule has 0 saturated heterocycles. The SMILES string of the molecule is CCCC(=P)C#Cc1ccc2nc(C(=O)NC(CC)C/C(C)=C/C=C(/F)CC)cc(C(=O)O)c2c1. The molecule has 2 rings (SSSR count). The molecule has 1 amide bonds. The number of hydrogen-bond donors (Lipinski definition) is 2. The number of amides is 1. The largest absolute Gasteiger partial charge is 0.478 e. The normalized spacial score (nSPS) is 12.6. The van der Waals surface area contributed by atoms with Crippen LogP contribution >= 0.6 is 8.86 Å². The summed E-state index contributed by atoms with van der Waals surface area (Å²) in [6.45, 7) is 7.62. The van der Waals surface area contributed by atoms with Crippen molar-refractivity contribution >= 4 is 36.9 Å². The van der Waals surface area contributed by atoms with Gasteiger partial charge in [-0.05, 0) is 62.9 Å². The number of rotatable bonds is 10. The number of aromatic nitrogens is 1. The van der Waals surface area contributed by atoms with Gasteiger partial charge in [-0.1, -0.05) is 50.7 Å². The quantitative estimate of drug-likeness (QED) is 0.224. The summed E-state index contributed by atoms with van der Waals surface area (Å²) in [5.41, 5.74) is 2.01. The van der Waals surface area contributed by atoms with Crippen LogP contribution in [0, 0.1) is 11.8 Å². The molecule has 1 unspecified atom stereocenters. The lowest BCUT2D eigenvalue weighted by atomic mass is 10.0. The molecular weight excluding hydrogens is 462 g/mol. The molecule has 184 valence electrons. The van der Waals surface area contributed by atoms with Gasteiger partial charge in [0.1, 0.15) is 5.69 Å². The number of carboxylic acid groups (broad SMARTS) is 1. The van der Waals surface area contributed by atoms with Crippen molar-refractivity contribution in [1.82, 2.24) is 10.3 Å².